The largest absolute Gasteiger partial charge is 0.367 e. The third-order valence-electron chi connectivity index (χ3n) is 2.88. The van der Waals surface area contributed by atoms with Crippen molar-refractivity contribution in [3.05, 3.63) is 0 Å². The average Bonchev–Trinajstić information content (AvgIpc) is 2.17. The highest BCUT2D eigenvalue weighted by Gasteiger charge is 2.33. The van der Waals surface area contributed by atoms with Crippen LogP contribution < -0.4 is 14.9 Å². The van der Waals surface area contributed by atoms with Crippen molar-refractivity contribution in [2.75, 3.05) is 34.7 Å². The van der Waals surface area contributed by atoms with Crippen molar-refractivity contribution in [3.8, 4) is 0 Å². The van der Waals surface area contributed by atoms with Gasteiger partial charge in [-0.2, -0.15) is 0 Å². The molecule has 0 unspecified atom stereocenters. The van der Waals surface area contributed by atoms with Crippen LogP contribution in [0.25, 0.3) is 0 Å². The van der Waals surface area contributed by atoms with Gasteiger partial charge in [0.25, 0.3) is 0 Å². The van der Waals surface area contributed by atoms with E-state index in [1.807, 2.05) is 14.1 Å². The zero-order valence-electron chi connectivity index (χ0n) is 12.1. The fourth-order valence-electron chi connectivity index (χ4n) is 1.80. The number of hydrogen-bond donors (Lipinski definition) is 3. The molecule has 0 amide bonds. The zero-order valence-corrected chi connectivity index (χ0v) is 14.1. The van der Waals surface area contributed by atoms with Crippen LogP contribution in [0.3, 0.4) is 0 Å². The number of rotatable bonds is 8. The number of nitrogens with zero attached hydrogens (tertiary/aromatic N) is 1. The van der Waals surface area contributed by atoms with Gasteiger partial charge in [0.2, 0.25) is 0 Å². The van der Waals surface area contributed by atoms with E-state index >= 15 is 0 Å². The second-order valence-corrected chi connectivity index (χ2v) is 15.0. The quantitative estimate of drug-likeness (QED) is 0.446. The highest BCUT2D eigenvalue weighted by Crippen LogP contribution is 2.10. The van der Waals surface area contributed by atoms with Crippen molar-refractivity contribution >= 4 is 16.8 Å². The Balaban J connectivity index is 4.04. The molecule has 0 atom stereocenters. The molecule has 0 aromatic rings. The Kier molecular flexibility index (Phi) is 6.99. The van der Waals surface area contributed by atoms with E-state index in [1.54, 1.807) is 0 Å². The summed E-state index contributed by atoms with van der Waals surface area (Å²) in [4.78, 5) is 10.5. The molecule has 16 heavy (non-hydrogen) atoms. The molecule has 0 fully saturated rings. The minimum Gasteiger partial charge on any atom is -0.303 e. The molecule has 0 heterocycles. The molecule has 6 heteroatoms. The summed E-state index contributed by atoms with van der Waals surface area (Å²) < 4.78 is 2.25. The first-order valence-corrected chi connectivity index (χ1v) is 11.7. The molecule has 4 nitrogen and oxygen atoms in total. The summed E-state index contributed by atoms with van der Waals surface area (Å²) in [5.74, 6) is 0. The molecular weight excluding hydrogens is 232 g/mol. The minimum atomic E-state index is -1.82. The lowest BCUT2D eigenvalue weighted by Crippen LogP contribution is -2.78. The van der Waals surface area contributed by atoms with Gasteiger partial charge in [-0.3, -0.25) is 4.57 Å². The lowest BCUT2D eigenvalue weighted by atomic mass is 10.5. The van der Waals surface area contributed by atoms with E-state index in [9.17, 15) is 0 Å². The summed E-state index contributed by atoms with van der Waals surface area (Å²) in [6, 6.07) is 1.39. The molecule has 3 N–H and O–H groups in total. The predicted octanol–water partition coefficient (Wildman–Crippen LogP) is 0.740. The Bertz CT molecular complexity index is 188. The Labute approximate surface area is 104 Å². The molecule has 0 aliphatic carbocycles. The van der Waals surface area contributed by atoms with Crippen LogP contribution in [0.5, 0.6) is 0 Å². The molecule has 0 rings (SSSR count). The van der Waals surface area contributed by atoms with Crippen LogP contribution in [0.15, 0.2) is 0 Å². The van der Waals surface area contributed by atoms with Gasteiger partial charge in [-0.1, -0.05) is 25.7 Å². The van der Waals surface area contributed by atoms with Gasteiger partial charge in [-0.05, 0) is 41.2 Å². The van der Waals surface area contributed by atoms with Crippen LogP contribution in [0, 0.1) is 0 Å². The molecule has 0 saturated heterocycles. The maximum absolute atomic E-state index is 3.67. The molecule has 0 aliphatic rings. The van der Waals surface area contributed by atoms with Crippen LogP contribution in [0.1, 0.15) is 6.42 Å². The highest BCUT2D eigenvalue weighted by atomic mass is 28.4. The van der Waals surface area contributed by atoms with Gasteiger partial charge in [0, 0.05) is 8.07 Å². The molecule has 0 aromatic heterocycles. The fraction of sp³-hybridized carbons (Fsp3) is 1.00. The predicted molar refractivity (Wildman–Crippen MR) is 78.3 cm³/mol. The molecular formula is C10H30N4Si2. The first-order chi connectivity index (χ1) is 7.27. The second-order valence-electron chi connectivity index (χ2n) is 5.70. The van der Waals surface area contributed by atoms with Crippen LogP contribution in [0.2, 0.25) is 25.7 Å². The van der Waals surface area contributed by atoms with Crippen molar-refractivity contribution in [1.29, 1.82) is 0 Å². The van der Waals surface area contributed by atoms with Crippen LogP contribution >= 0.6 is 0 Å². The van der Waals surface area contributed by atoms with E-state index < -0.39 is 16.8 Å². The van der Waals surface area contributed by atoms with Crippen molar-refractivity contribution in [1.82, 2.24) is 19.5 Å². The molecule has 0 radical (unpaired) electrons. The summed E-state index contributed by atoms with van der Waals surface area (Å²) in [5, 5.41) is 0. The normalized spacial score (nSPS) is 13.5. The van der Waals surface area contributed by atoms with Gasteiger partial charge >= 0.3 is 8.72 Å². The standard InChI is InChI=1S/C10H30N4Si2/c1-11-16(12-2,14(3)4)13-9-8-10-15(5,6)7/h11-13H,8-10H2,1-7H3. The maximum atomic E-state index is 3.67. The van der Waals surface area contributed by atoms with Gasteiger partial charge in [-0.25, -0.2) is 0 Å². The van der Waals surface area contributed by atoms with Crippen LogP contribution in [-0.4, -0.2) is 56.1 Å². The van der Waals surface area contributed by atoms with Gasteiger partial charge < -0.3 is 14.9 Å². The molecule has 98 valence electrons. The zero-order chi connectivity index (χ0) is 12.8. The monoisotopic (exact) mass is 262 g/mol. The van der Waals surface area contributed by atoms with Gasteiger partial charge in [0.1, 0.15) is 0 Å². The van der Waals surface area contributed by atoms with Crippen LogP contribution in [0.4, 0.5) is 0 Å². The second kappa shape index (κ2) is 6.88. The van der Waals surface area contributed by atoms with E-state index in [4.69, 9.17) is 0 Å². The maximum Gasteiger partial charge on any atom is 0.367 e. The molecule has 0 spiro atoms. The first kappa shape index (κ1) is 16.3. The summed E-state index contributed by atoms with van der Waals surface area (Å²) in [5.41, 5.74) is 0. The molecule has 0 aromatic carbocycles. The number of nitrogens with one attached hydrogen (secondary N) is 3. The summed E-state index contributed by atoms with van der Waals surface area (Å²) in [6.07, 6.45) is 1.28. The third-order valence-corrected chi connectivity index (χ3v) is 8.28. The highest BCUT2D eigenvalue weighted by molar-refractivity contribution is 6.76. The molecule has 0 bridgehead atoms. The summed E-state index contributed by atoms with van der Waals surface area (Å²) >= 11 is 0. The topological polar surface area (TPSA) is 39.3 Å². The third kappa shape index (κ3) is 5.56. The Morgan fingerprint density at radius 2 is 1.50 bits per heavy atom. The van der Waals surface area contributed by atoms with E-state index in [1.165, 1.54) is 12.5 Å². The molecule has 0 aliphatic heterocycles. The summed E-state index contributed by atoms with van der Waals surface area (Å²) in [6.45, 7) is 8.38. The summed E-state index contributed by atoms with van der Waals surface area (Å²) in [7, 11) is 5.58. The Hall–Kier alpha value is 0.274. The van der Waals surface area contributed by atoms with Gasteiger partial charge in [0.15, 0.2) is 0 Å². The van der Waals surface area contributed by atoms with E-state index in [0.29, 0.717) is 0 Å². The van der Waals surface area contributed by atoms with E-state index in [0.717, 1.165) is 6.54 Å². The lowest BCUT2D eigenvalue weighted by molar-refractivity contribution is 0.538. The average molecular weight is 263 g/mol. The SMILES string of the molecule is CN[Si](NC)(NCCC[Si](C)(C)C)N(C)C. The van der Waals surface area contributed by atoms with Crippen LogP contribution in [-0.2, 0) is 0 Å². The van der Waals surface area contributed by atoms with Gasteiger partial charge in [0.05, 0.1) is 0 Å². The minimum absolute atomic E-state index is 0.880. The molecule has 0 saturated carbocycles. The van der Waals surface area contributed by atoms with Crippen molar-refractivity contribution in [2.45, 2.75) is 32.1 Å². The Morgan fingerprint density at radius 3 is 1.81 bits per heavy atom. The van der Waals surface area contributed by atoms with Crippen molar-refractivity contribution in [3.63, 3.8) is 0 Å². The lowest BCUT2D eigenvalue weighted by Gasteiger charge is -2.36. The van der Waals surface area contributed by atoms with Gasteiger partial charge in [-0.15, -0.1) is 0 Å². The number of hydrogen-bond acceptors (Lipinski definition) is 4. The fourth-order valence-corrected chi connectivity index (χ4v) is 5.39. The Morgan fingerprint density at radius 1 is 1.00 bits per heavy atom. The first-order valence-electron chi connectivity index (χ1n) is 6.08. The van der Waals surface area contributed by atoms with E-state index in [2.05, 4.69) is 53.2 Å². The van der Waals surface area contributed by atoms with Crippen molar-refractivity contribution < 1.29 is 0 Å². The van der Waals surface area contributed by atoms with E-state index in [-0.39, 0.29) is 0 Å². The van der Waals surface area contributed by atoms with Crippen molar-refractivity contribution in [2.24, 2.45) is 0 Å². The smallest absolute Gasteiger partial charge is 0.303 e.